The molecule has 0 unspecified atom stereocenters. The predicted octanol–water partition coefficient (Wildman–Crippen LogP) is 4.50. The molecule has 0 radical (unpaired) electrons. The predicted molar refractivity (Wildman–Crippen MR) is 136 cm³/mol. The standard InChI is InChI=1S/C24H29N5O2S2/c1-17-15-18(16-28-11-13-33-14-12-28)3-8-21(17)25-22(30)9-10-29-23(26-27-24(29)32)19-4-6-20(31-2)7-5-19/h3-8,15H,9-14,16H2,1-2H3,(H,25,30)(H,27,32). The SMILES string of the molecule is COc1ccc(-c2n[nH]c(=S)n2CCC(=O)Nc2ccc(CN3CCSCC3)cc2C)cc1. The molecule has 33 heavy (non-hydrogen) atoms. The Morgan fingerprint density at radius 2 is 1.97 bits per heavy atom. The van der Waals surface area contributed by atoms with Gasteiger partial charge in [-0.3, -0.25) is 19.4 Å². The van der Waals surface area contributed by atoms with E-state index in [-0.39, 0.29) is 5.91 Å². The van der Waals surface area contributed by atoms with Crippen molar-refractivity contribution in [2.24, 2.45) is 0 Å². The van der Waals surface area contributed by atoms with Crippen molar-refractivity contribution in [1.29, 1.82) is 0 Å². The molecule has 0 spiro atoms. The molecule has 2 N–H and O–H groups in total. The van der Waals surface area contributed by atoms with Crippen LogP contribution in [0.3, 0.4) is 0 Å². The fourth-order valence-corrected chi connectivity index (χ4v) is 5.10. The fourth-order valence-electron chi connectivity index (χ4n) is 3.89. The average molecular weight is 484 g/mol. The Labute approximate surface area is 203 Å². The summed E-state index contributed by atoms with van der Waals surface area (Å²) >= 11 is 7.41. The molecule has 2 heterocycles. The molecule has 174 valence electrons. The molecule has 1 fully saturated rings. The summed E-state index contributed by atoms with van der Waals surface area (Å²) in [6, 6.07) is 13.9. The number of anilines is 1. The molecule has 0 bridgehead atoms. The van der Waals surface area contributed by atoms with Crippen LogP contribution in [0.2, 0.25) is 0 Å². The summed E-state index contributed by atoms with van der Waals surface area (Å²) in [6.07, 6.45) is 0.295. The van der Waals surface area contributed by atoms with Crippen molar-refractivity contribution in [2.75, 3.05) is 37.0 Å². The van der Waals surface area contributed by atoms with Crippen molar-refractivity contribution in [3.63, 3.8) is 0 Å². The van der Waals surface area contributed by atoms with Gasteiger partial charge in [0.05, 0.1) is 7.11 Å². The number of hydrogen-bond acceptors (Lipinski definition) is 6. The topological polar surface area (TPSA) is 75.2 Å². The van der Waals surface area contributed by atoms with E-state index in [4.69, 9.17) is 17.0 Å². The quantitative estimate of drug-likeness (QED) is 0.460. The number of hydrogen-bond donors (Lipinski definition) is 2. The smallest absolute Gasteiger partial charge is 0.226 e. The van der Waals surface area contributed by atoms with Gasteiger partial charge in [0.1, 0.15) is 5.75 Å². The first-order valence-electron chi connectivity index (χ1n) is 11.0. The number of carbonyl (C=O) groups is 1. The number of methoxy groups -OCH3 is 1. The molecule has 4 rings (SSSR count). The lowest BCUT2D eigenvalue weighted by Crippen LogP contribution is -2.31. The average Bonchev–Trinajstić information content (AvgIpc) is 3.20. The Balaban J connectivity index is 1.37. The molecular weight excluding hydrogens is 454 g/mol. The second-order valence-corrected chi connectivity index (χ2v) is 9.68. The molecule has 0 saturated carbocycles. The molecule has 3 aromatic rings. The number of aryl methyl sites for hydroxylation is 1. The molecule has 1 aliphatic heterocycles. The minimum atomic E-state index is -0.0531. The summed E-state index contributed by atoms with van der Waals surface area (Å²) < 4.78 is 7.56. The minimum Gasteiger partial charge on any atom is -0.497 e. The van der Waals surface area contributed by atoms with E-state index in [2.05, 4.69) is 32.5 Å². The third kappa shape index (κ3) is 6.04. The van der Waals surface area contributed by atoms with Gasteiger partial charge in [0.25, 0.3) is 0 Å². The number of nitrogens with zero attached hydrogens (tertiary/aromatic N) is 3. The van der Waals surface area contributed by atoms with E-state index >= 15 is 0 Å². The van der Waals surface area contributed by atoms with Gasteiger partial charge in [0.2, 0.25) is 5.91 Å². The second kappa shape index (κ2) is 11.0. The summed E-state index contributed by atoms with van der Waals surface area (Å²) in [7, 11) is 1.63. The molecule has 7 nitrogen and oxygen atoms in total. The van der Waals surface area contributed by atoms with Crippen molar-refractivity contribution < 1.29 is 9.53 Å². The van der Waals surface area contributed by atoms with E-state index in [0.717, 1.165) is 42.2 Å². The van der Waals surface area contributed by atoms with Gasteiger partial charge in [0.15, 0.2) is 10.6 Å². The van der Waals surface area contributed by atoms with Crippen molar-refractivity contribution in [3.05, 3.63) is 58.4 Å². The van der Waals surface area contributed by atoms with Crippen LogP contribution in [0.1, 0.15) is 17.5 Å². The van der Waals surface area contributed by atoms with Crippen LogP contribution in [0, 0.1) is 11.7 Å². The van der Waals surface area contributed by atoms with Crippen LogP contribution in [0.5, 0.6) is 5.75 Å². The maximum absolute atomic E-state index is 12.7. The number of benzene rings is 2. The third-order valence-corrected chi connectivity index (χ3v) is 7.00. The summed E-state index contributed by atoms with van der Waals surface area (Å²) in [5.41, 5.74) is 4.11. The lowest BCUT2D eigenvalue weighted by Gasteiger charge is -2.26. The zero-order valence-corrected chi connectivity index (χ0v) is 20.6. The van der Waals surface area contributed by atoms with E-state index in [9.17, 15) is 4.79 Å². The molecule has 1 aromatic heterocycles. The van der Waals surface area contributed by atoms with Gasteiger partial charge in [-0.05, 0) is 60.6 Å². The number of aromatic nitrogens is 3. The molecule has 1 saturated heterocycles. The van der Waals surface area contributed by atoms with E-state index in [1.807, 2.05) is 53.6 Å². The first kappa shape index (κ1) is 23.5. The summed E-state index contributed by atoms with van der Waals surface area (Å²) in [4.78, 5) is 15.2. The van der Waals surface area contributed by atoms with Crippen LogP contribution in [0.25, 0.3) is 11.4 Å². The minimum absolute atomic E-state index is 0.0531. The molecule has 1 aliphatic rings. The van der Waals surface area contributed by atoms with Gasteiger partial charge < -0.3 is 10.1 Å². The lowest BCUT2D eigenvalue weighted by atomic mass is 10.1. The molecule has 2 aromatic carbocycles. The summed E-state index contributed by atoms with van der Waals surface area (Å²) in [5, 5.41) is 10.2. The van der Waals surface area contributed by atoms with E-state index in [0.29, 0.717) is 23.6 Å². The number of amides is 1. The lowest BCUT2D eigenvalue weighted by molar-refractivity contribution is -0.116. The fraction of sp³-hybridized carbons (Fsp3) is 0.375. The van der Waals surface area contributed by atoms with Crippen LogP contribution < -0.4 is 10.1 Å². The van der Waals surface area contributed by atoms with Gasteiger partial charge in [-0.15, -0.1) is 0 Å². The van der Waals surface area contributed by atoms with E-state index in [1.54, 1.807) is 7.11 Å². The first-order valence-corrected chi connectivity index (χ1v) is 12.6. The van der Waals surface area contributed by atoms with Gasteiger partial charge in [-0.2, -0.15) is 16.9 Å². The Morgan fingerprint density at radius 3 is 2.67 bits per heavy atom. The molecule has 0 atom stereocenters. The molecular formula is C24H29N5O2S2. The van der Waals surface area contributed by atoms with Crippen LogP contribution in [0.4, 0.5) is 5.69 Å². The van der Waals surface area contributed by atoms with Crippen molar-refractivity contribution >= 4 is 35.6 Å². The van der Waals surface area contributed by atoms with Gasteiger partial charge in [-0.1, -0.05) is 12.1 Å². The molecule has 1 amide bonds. The Kier molecular flexibility index (Phi) is 7.85. The zero-order chi connectivity index (χ0) is 23.2. The first-order chi connectivity index (χ1) is 16.0. The zero-order valence-electron chi connectivity index (χ0n) is 19.0. The number of carbonyl (C=O) groups excluding carboxylic acids is 1. The van der Waals surface area contributed by atoms with Crippen molar-refractivity contribution in [3.8, 4) is 17.1 Å². The number of nitrogens with one attached hydrogen (secondary N) is 2. The number of ether oxygens (including phenoxy) is 1. The van der Waals surface area contributed by atoms with Gasteiger partial charge >= 0.3 is 0 Å². The number of aromatic amines is 1. The Morgan fingerprint density at radius 1 is 1.21 bits per heavy atom. The summed E-state index contributed by atoms with van der Waals surface area (Å²) in [6.45, 7) is 5.71. The van der Waals surface area contributed by atoms with Gasteiger partial charge in [-0.25, -0.2) is 0 Å². The van der Waals surface area contributed by atoms with Crippen LogP contribution >= 0.6 is 24.0 Å². The number of rotatable bonds is 8. The highest BCUT2D eigenvalue weighted by atomic mass is 32.2. The highest BCUT2D eigenvalue weighted by Gasteiger charge is 2.13. The number of thioether (sulfide) groups is 1. The van der Waals surface area contributed by atoms with E-state index in [1.165, 1.54) is 17.1 Å². The normalized spacial score (nSPS) is 14.2. The highest BCUT2D eigenvalue weighted by Crippen LogP contribution is 2.22. The second-order valence-electron chi connectivity index (χ2n) is 8.07. The van der Waals surface area contributed by atoms with Crippen LogP contribution in [0.15, 0.2) is 42.5 Å². The van der Waals surface area contributed by atoms with Crippen LogP contribution in [-0.2, 0) is 17.9 Å². The maximum Gasteiger partial charge on any atom is 0.226 e. The summed E-state index contributed by atoms with van der Waals surface area (Å²) in [5.74, 6) is 3.83. The van der Waals surface area contributed by atoms with Gasteiger partial charge in [0, 0.05) is 55.4 Å². The maximum atomic E-state index is 12.7. The number of H-pyrrole nitrogens is 1. The largest absolute Gasteiger partial charge is 0.497 e. The van der Waals surface area contributed by atoms with Crippen molar-refractivity contribution in [2.45, 2.75) is 26.4 Å². The van der Waals surface area contributed by atoms with Crippen LogP contribution in [-0.4, -0.2) is 57.3 Å². The Bertz CT molecular complexity index is 1150. The van der Waals surface area contributed by atoms with E-state index < -0.39 is 0 Å². The third-order valence-electron chi connectivity index (χ3n) is 5.74. The molecule has 9 heteroatoms. The molecule has 0 aliphatic carbocycles. The highest BCUT2D eigenvalue weighted by molar-refractivity contribution is 7.99. The monoisotopic (exact) mass is 483 g/mol. The Hall–Kier alpha value is -2.62. The van der Waals surface area contributed by atoms with Crippen molar-refractivity contribution in [1.82, 2.24) is 19.7 Å².